The van der Waals surface area contributed by atoms with E-state index in [0.29, 0.717) is 64.0 Å². The predicted octanol–water partition coefficient (Wildman–Crippen LogP) is 3.32. The first-order valence-electron chi connectivity index (χ1n) is 14.2. The number of benzene rings is 2. The van der Waals surface area contributed by atoms with Crippen LogP contribution in [-0.4, -0.2) is 72.7 Å². The fourth-order valence-corrected chi connectivity index (χ4v) is 6.91. The van der Waals surface area contributed by atoms with Crippen molar-refractivity contribution in [3.63, 3.8) is 0 Å². The van der Waals surface area contributed by atoms with Gasteiger partial charge in [0.15, 0.2) is 23.0 Å². The lowest BCUT2D eigenvalue weighted by molar-refractivity contribution is -0.273. The number of hydroxylamine groups is 2. The van der Waals surface area contributed by atoms with Crippen LogP contribution in [0.4, 0.5) is 0 Å². The Labute approximate surface area is 251 Å². The second-order valence-electron chi connectivity index (χ2n) is 12.5. The summed E-state index contributed by atoms with van der Waals surface area (Å²) in [5.74, 6) is -0.923. The number of fused-ring (bicyclic) bond motifs is 2. The third-order valence-electron chi connectivity index (χ3n) is 8.71. The highest BCUT2D eigenvalue weighted by atomic mass is 16.7. The van der Waals surface area contributed by atoms with E-state index in [1.165, 1.54) is 21.3 Å². The maximum Gasteiger partial charge on any atom is 0.244 e. The number of aliphatic hydroxyl groups excluding tert-OH is 2. The number of aliphatic hydroxyl groups is 2. The zero-order chi connectivity index (χ0) is 31.3. The number of nitrogens with zero attached hydrogens (tertiary/aromatic N) is 2. The van der Waals surface area contributed by atoms with E-state index in [4.69, 9.17) is 23.7 Å². The zero-order valence-corrected chi connectivity index (χ0v) is 25.6. The largest absolute Gasteiger partial charge is 0.493 e. The van der Waals surface area contributed by atoms with Crippen molar-refractivity contribution in [1.82, 2.24) is 10.5 Å². The molecule has 4 atom stereocenters. The molecule has 0 spiro atoms. The molecule has 5 rings (SSSR count). The van der Waals surface area contributed by atoms with Gasteiger partial charge < -0.3 is 33.9 Å². The highest BCUT2D eigenvalue weighted by molar-refractivity contribution is 5.89. The normalized spacial score (nSPS) is 25.5. The van der Waals surface area contributed by atoms with Crippen molar-refractivity contribution >= 4 is 11.6 Å². The molecular weight excluding hydrogens is 558 g/mol. The summed E-state index contributed by atoms with van der Waals surface area (Å²) in [7, 11) is 4.51. The molecule has 12 nitrogen and oxygen atoms in total. The van der Waals surface area contributed by atoms with Crippen molar-refractivity contribution in [2.75, 3.05) is 34.7 Å². The summed E-state index contributed by atoms with van der Waals surface area (Å²) in [6.07, 6.45) is -0.434. The highest BCUT2D eigenvalue weighted by Gasteiger charge is 2.48. The standard InChI is InChI=1S/C31H40N3O9/c1-30(2)12-17(13-31(3,4)34(30)38)32-33-29(37)26-20(14-35)27(36)19-11-22-21(42-15-43-22)10-18(19)25(26)16-8-23(39-5)28(41-7)24(9-16)40-6/h8-11,20,25-27,35-36H,12-15H2,1-7H3,(H,33,37)/t20-,25+,26-,27-/m0/s1. The number of hydrogen-bond donors (Lipinski definition) is 3. The molecule has 1 amide bonds. The highest BCUT2D eigenvalue weighted by Crippen LogP contribution is 2.53. The molecule has 1 fully saturated rings. The van der Waals surface area contributed by atoms with Crippen molar-refractivity contribution in [2.24, 2.45) is 16.9 Å². The van der Waals surface area contributed by atoms with Crippen molar-refractivity contribution in [3.8, 4) is 28.7 Å². The summed E-state index contributed by atoms with van der Waals surface area (Å²) in [6.45, 7) is 6.94. The summed E-state index contributed by atoms with van der Waals surface area (Å²) in [5, 5.41) is 40.5. The average molecular weight is 599 g/mol. The quantitative estimate of drug-likeness (QED) is 0.408. The predicted molar refractivity (Wildman–Crippen MR) is 155 cm³/mol. The number of methoxy groups -OCH3 is 3. The number of carbonyl (C=O) groups is 1. The number of hydrogen-bond acceptors (Lipinski definition) is 10. The molecule has 0 unspecified atom stereocenters. The summed E-state index contributed by atoms with van der Waals surface area (Å²) < 4.78 is 28.0. The number of nitrogens with one attached hydrogen (secondary N) is 1. The van der Waals surface area contributed by atoms with Crippen LogP contribution in [0.5, 0.6) is 28.7 Å². The van der Waals surface area contributed by atoms with Gasteiger partial charge in [-0.2, -0.15) is 5.10 Å². The number of piperidine rings is 1. The van der Waals surface area contributed by atoms with Crippen LogP contribution in [0.3, 0.4) is 0 Å². The lowest BCUT2D eigenvalue weighted by atomic mass is 9.65. The van der Waals surface area contributed by atoms with E-state index >= 15 is 0 Å². The van der Waals surface area contributed by atoms with Gasteiger partial charge in [0, 0.05) is 48.1 Å². The van der Waals surface area contributed by atoms with Gasteiger partial charge in [-0.1, -0.05) is 0 Å². The van der Waals surface area contributed by atoms with Crippen molar-refractivity contribution in [2.45, 2.75) is 63.6 Å². The molecule has 1 radical (unpaired) electrons. The number of ether oxygens (including phenoxy) is 5. The number of amides is 1. The summed E-state index contributed by atoms with van der Waals surface area (Å²) in [6, 6.07) is 6.98. The molecule has 1 aliphatic carbocycles. The van der Waals surface area contributed by atoms with Gasteiger partial charge in [-0.15, -0.1) is 10.3 Å². The smallest absolute Gasteiger partial charge is 0.244 e. The molecule has 3 N–H and O–H groups in total. The number of carbonyl (C=O) groups excluding carboxylic acids is 1. The van der Waals surface area contributed by atoms with E-state index < -0.39 is 47.4 Å². The van der Waals surface area contributed by atoms with Crippen LogP contribution in [0.1, 0.15) is 69.2 Å². The molecular formula is C31H40N3O9. The van der Waals surface area contributed by atoms with Crippen LogP contribution in [0, 0.1) is 11.8 Å². The van der Waals surface area contributed by atoms with Gasteiger partial charge in [0.2, 0.25) is 18.4 Å². The molecule has 0 bridgehead atoms. The molecule has 0 saturated carbocycles. The fraction of sp³-hybridized carbons (Fsp3) is 0.548. The first-order valence-corrected chi connectivity index (χ1v) is 14.2. The molecule has 233 valence electrons. The maximum atomic E-state index is 14.1. The zero-order valence-electron chi connectivity index (χ0n) is 25.6. The van der Waals surface area contributed by atoms with Crippen LogP contribution in [0.25, 0.3) is 0 Å². The van der Waals surface area contributed by atoms with Gasteiger partial charge in [-0.3, -0.25) is 4.79 Å². The second-order valence-corrected chi connectivity index (χ2v) is 12.5. The summed E-state index contributed by atoms with van der Waals surface area (Å²) >= 11 is 0. The lowest BCUT2D eigenvalue weighted by Gasteiger charge is -2.47. The molecule has 2 aromatic carbocycles. The summed E-state index contributed by atoms with van der Waals surface area (Å²) in [4.78, 5) is 14.1. The van der Waals surface area contributed by atoms with E-state index in [2.05, 4.69) is 10.5 Å². The van der Waals surface area contributed by atoms with Crippen molar-refractivity contribution < 1.29 is 43.9 Å². The van der Waals surface area contributed by atoms with Gasteiger partial charge in [-0.25, -0.2) is 5.43 Å². The van der Waals surface area contributed by atoms with E-state index in [9.17, 15) is 20.2 Å². The Morgan fingerprint density at radius 1 is 0.977 bits per heavy atom. The number of rotatable bonds is 7. The Balaban J connectivity index is 1.63. The van der Waals surface area contributed by atoms with Crippen molar-refractivity contribution in [1.29, 1.82) is 0 Å². The van der Waals surface area contributed by atoms with E-state index in [1.807, 2.05) is 27.7 Å². The van der Waals surface area contributed by atoms with Crippen LogP contribution in [-0.2, 0) is 10.0 Å². The average Bonchev–Trinajstić information content (AvgIpc) is 3.44. The van der Waals surface area contributed by atoms with Gasteiger partial charge in [0.05, 0.1) is 33.4 Å². The van der Waals surface area contributed by atoms with Gasteiger partial charge in [-0.05, 0) is 68.7 Å². The minimum atomic E-state index is -1.18. The van der Waals surface area contributed by atoms with E-state index in [0.717, 1.165) is 5.06 Å². The topological polar surface area (TPSA) is 151 Å². The van der Waals surface area contributed by atoms with Crippen LogP contribution in [0.15, 0.2) is 29.4 Å². The summed E-state index contributed by atoms with van der Waals surface area (Å²) in [5.41, 5.74) is 3.77. The maximum absolute atomic E-state index is 14.1. The third-order valence-corrected chi connectivity index (χ3v) is 8.71. The van der Waals surface area contributed by atoms with Gasteiger partial charge in [0.1, 0.15) is 0 Å². The molecule has 3 aliphatic rings. The molecule has 0 aromatic heterocycles. The first-order chi connectivity index (χ1) is 20.4. The molecule has 43 heavy (non-hydrogen) atoms. The molecule has 2 aliphatic heterocycles. The minimum absolute atomic E-state index is 0.0293. The monoisotopic (exact) mass is 598 g/mol. The van der Waals surface area contributed by atoms with Gasteiger partial charge in [0.25, 0.3) is 0 Å². The Morgan fingerprint density at radius 2 is 1.53 bits per heavy atom. The first kappa shape index (κ1) is 30.9. The van der Waals surface area contributed by atoms with E-state index in [-0.39, 0.29) is 6.79 Å². The molecule has 2 aromatic rings. The Kier molecular flexibility index (Phi) is 8.25. The van der Waals surface area contributed by atoms with Crippen LogP contribution < -0.4 is 29.1 Å². The van der Waals surface area contributed by atoms with E-state index in [1.54, 1.807) is 24.3 Å². The van der Waals surface area contributed by atoms with Crippen LogP contribution >= 0.6 is 0 Å². The SMILES string of the molecule is COc1cc([C@@H]2c3cc4c(cc3[C@H](O)[C@@H](CO)[C@@H]2C(=O)NN=C2CC(C)(C)N([O])C(C)(C)C2)OCO4)cc(OC)c1OC. The fourth-order valence-electron chi connectivity index (χ4n) is 6.91. The minimum Gasteiger partial charge on any atom is -0.493 e. The second kappa shape index (κ2) is 11.5. The Hall–Kier alpha value is -3.58. The Bertz CT molecular complexity index is 1380. The molecule has 12 heteroatoms. The number of hydrazone groups is 1. The lowest BCUT2D eigenvalue weighted by Crippen LogP contribution is -2.58. The van der Waals surface area contributed by atoms with Crippen LogP contribution in [0.2, 0.25) is 0 Å². The molecule has 2 heterocycles. The third kappa shape index (κ3) is 5.37. The van der Waals surface area contributed by atoms with Crippen molar-refractivity contribution in [3.05, 3.63) is 41.0 Å². The Morgan fingerprint density at radius 3 is 2.05 bits per heavy atom. The van der Waals surface area contributed by atoms with Gasteiger partial charge >= 0.3 is 0 Å². The molecule has 1 saturated heterocycles.